The van der Waals surface area contributed by atoms with Gasteiger partial charge in [0.05, 0.1) is 12.8 Å². The number of nitrogens with one attached hydrogen (secondary N) is 1. The summed E-state index contributed by atoms with van der Waals surface area (Å²) >= 11 is 0. The second-order valence-corrected chi connectivity index (χ2v) is 6.89. The lowest BCUT2D eigenvalue weighted by atomic mass is 9.95. The minimum Gasteiger partial charge on any atom is -0.469 e. The Hall–Kier alpha value is -3.74. The SMILES string of the molecule is CCn1nc(-c2ccccc2)c(-c2ccccc2)c(C(=O)NCCCC(=O)OC)c1=O. The Labute approximate surface area is 180 Å². The molecule has 3 aromatic rings. The number of carbonyl (C=O) groups is 2. The number of benzene rings is 2. The number of ether oxygens (including phenoxy) is 1. The van der Waals surface area contributed by atoms with E-state index in [1.54, 1.807) is 0 Å². The second-order valence-electron chi connectivity index (χ2n) is 6.89. The van der Waals surface area contributed by atoms with Crippen molar-refractivity contribution in [3.8, 4) is 22.4 Å². The van der Waals surface area contributed by atoms with Gasteiger partial charge in [0.2, 0.25) is 0 Å². The van der Waals surface area contributed by atoms with E-state index in [9.17, 15) is 14.4 Å². The van der Waals surface area contributed by atoms with Gasteiger partial charge >= 0.3 is 5.97 Å². The van der Waals surface area contributed by atoms with Gasteiger partial charge in [-0.3, -0.25) is 14.4 Å². The first-order chi connectivity index (χ1) is 15.1. The molecule has 0 saturated heterocycles. The monoisotopic (exact) mass is 419 g/mol. The van der Waals surface area contributed by atoms with Crippen LogP contribution < -0.4 is 10.9 Å². The maximum absolute atomic E-state index is 13.2. The van der Waals surface area contributed by atoms with Gasteiger partial charge in [-0.2, -0.15) is 5.10 Å². The molecule has 0 spiro atoms. The van der Waals surface area contributed by atoms with Gasteiger partial charge in [-0.1, -0.05) is 60.7 Å². The predicted octanol–water partition coefficient (Wildman–Crippen LogP) is 3.28. The van der Waals surface area contributed by atoms with E-state index in [1.807, 2.05) is 67.6 Å². The maximum Gasteiger partial charge on any atom is 0.305 e. The molecule has 1 heterocycles. The fourth-order valence-corrected chi connectivity index (χ4v) is 3.30. The van der Waals surface area contributed by atoms with E-state index in [-0.39, 0.29) is 24.5 Å². The Morgan fingerprint density at radius 1 is 1.00 bits per heavy atom. The van der Waals surface area contributed by atoms with Crippen molar-refractivity contribution in [2.45, 2.75) is 26.3 Å². The van der Waals surface area contributed by atoms with Crippen LogP contribution in [0.2, 0.25) is 0 Å². The lowest BCUT2D eigenvalue weighted by molar-refractivity contribution is -0.140. The Morgan fingerprint density at radius 3 is 2.19 bits per heavy atom. The largest absolute Gasteiger partial charge is 0.469 e. The summed E-state index contributed by atoms with van der Waals surface area (Å²) in [4.78, 5) is 37.6. The summed E-state index contributed by atoms with van der Waals surface area (Å²) in [5.74, 6) is -0.835. The first-order valence-corrected chi connectivity index (χ1v) is 10.2. The van der Waals surface area contributed by atoms with E-state index in [2.05, 4.69) is 15.2 Å². The van der Waals surface area contributed by atoms with Crippen LogP contribution in [0.15, 0.2) is 65.5 Å². The van der Waals surface area contributed by atoms with Crippen LogP contribution in [0, 0.1) is 0 Å². The average Bonchev–Trinajstić information content (AvgIpc) is 2.82. The summed E-state index contributed by atoms with van der Waals surface area (Å²) in [6.07, 6.45) is 0.602. The number of amides is 1. The van der Waals surface area contributed by atoms with E-state index < -0.39 is 11.5 Å². The zero-order valence-corrected chi connectivity index (χ0v) is 17.6. The first kappa shape index (κ1) is 22.0. The van der Waals surface area contributed by atoms with Crippen LogP contribution in [0.1, 0.15) is 30.1 Å². The standard InChI is InChI=1S/C24H25N3O4/c1-3-27-24(30)21(23(29)25-16-10-15-19(28)31-2)20(17-11-6-4-7-12-17)22(26-27)18-13-8-5-9-14-18/h4-9,11-14H,3,10,15-16H2,1-2H3,(H,25,29). The van der Waals surface area contributed by atoms with Crippen LogP contribution in [0.5, 0.6) is 0 Å². The number of methoxy groups -OCH3 is 1. The molecule has 1 aromatic heterocycles. The third-order valence-electron chi connectivity index (χ3n) is 4.86. The molecule has 0 bridgehead atoms. The van der Waals surface area contributed by atoms with Crippen LogP contribution in [0.4, 0.5) is 0 Å². The fourth-order valence-electron chi connectivity index (χ4n) is 3.30. The molecular weight excluding hydrogens is 394 g/mol. The number of nitrogens with zero attached hydrogens (tertiary/aromatic N) is 2. The van der Waals surface area contributed by atoms with Crippen LogP contribution in [0.3, 0.4) is 0 Å². The Balaban J connectivity index is 2.11. The highest BCUT2D eigenvalue weighted by Gasteiger charge is 2.24. The number of hydrogen-bond acceptors (Lipinski definition) is 5. The molecule has 31 heavy (non-hydrogen) atoms. The van der Waals surface area contributed by atoms with Crippen molar-refractivity contribution in [3.63, 3.8) is 0 Å². The number of hydrogen-bond donors (Lipinski definition) is 1. The number of aryl methyl sites for hydroxylation is 1. The average molecular weight is 419 g/mol. The van der Waals surface area contributed by atoms with Crippen LogP contribution in [-0.4, -0.2) is 35.3 Å². The molecule has 2 aromatic carbocycles. The van der Waals surface area contributed by atoms with Crippen LogP contribution in [-0.2, 0) is 16.1 Å². The molecule has 7 heteroatoms. The van der Waals surface area contributed by atoms with Gasteiger partial charge in [-0.05, 0) is 18.9 Å². The summed E-state index contributed by atoms with van der Waals surface area (Å²) in [5, 5.41) is 7.35. The van der Waals surface area contributed by atoms with Crippen LogP contribution >= 0.6 is 0 Å². The molecule has 1 amide bonds. The molecule has 0 aliphatic rings. The highest BCUT2D eigenvalue weighted by molar-refractivity contribution is 6.03. The molecule has 0 unspecified atom stereocenters. The third-order valence-corrected chi connectivity index (χ3v) is 4.86. The first-order valence-electron chi connectivity index (χ1n) is 10.2. The van der Waals surface area contributed by atoms with Gasteiger partial charge in [0.25, 0.3) is 11.5 Å². The summed E-state index contributed by atoms with van der Waals surface area (Å²) in [5.41, 5.74) is 2.18. The normalized spacial score (nSPS) is 10.5. The van der Waals surface area contributed by atoms with Gasteiger partial charge in [-0.15, -0.1) is 0 Å². The number of carbonyl (C=O) groups excluding carboxylic acids is 2. The Bertz CT molecular complexity index is 1110. The smallest absolute Gasteiger partial charge is 0.305 e. The zero-order valence-electron chi connectivity index (χ0n) is 17.6. The molecular formula is C24H25N3O4. The second kappa shape index (κ2) is 10.3. The lowest BCUT2D eigenvalue weighted by Crippen LogP contribution is -2.36. The minimum atomic E-state index is -0.490. The summed E-state index contributed by atoms with van der Waals surface area (Å²) in [7, 11) is 1.32. The molecule has 160 valence electrons. The molecule has 0 fully saturated rings. The van der Waals surface area contributed by atoms with Gasteiger partial charge in [0.1, 0.15) is 5.56 Å². The van der Waals surface area contributed by atoms with E-state index in [0.29, 0.717) is 24.2 Å². The summed E-state index contributed by atoms with van der Waals surface area (Å²) in [6.45, 7) is 2.39. The highest BCUT2D eigenvalue weighted by atomic mass is 16.5. The molecule has 0 saturated carbocycles. The molecule has 0 atom stereocenters. The molecule has 0 aliphatic heterocycles. The van der Waals surface area contributed by atoms with Crippen molar-refractivity contribution in [2.24, 2.45) is 0 Å². The van der Waals surface area contributed by atoms with E-state index >= 15 is 0 Å². The van der Waals surface area contributed by atoms with Crippen molar-refractivity contribution in [1.82, 2.24) is 15.1 Å². The molecule has 3 rings (SSSR count). The van der Waals surface area contributed by atoms with Gasteiger partial charge in [0, 0.05) is 30.6 Å². The van der Waals surface area contributed by atoms with E-state index in [4.69, 9.17) is 0 Å². The number of aromatic nitrogens is 2. The minimum absolute atomic E-state index is 0.0416. The van der Waals surface area contributed by atoms with E-state index in [1.165, 1.54) is 11.8 Å². The predicted molar refractivity (Wildman–Crippen MR) is 119 cm³/mol. The maximum atomic E-state index is 13.2. The van der Waals surface area contributed by atoms with Gasteiger partial charge in [-0.25, -0.2) is 4.68 Å². The molecule has 0 radical (unpaired) electrons. The number of esters is 1. The lowest BCUT2D eigenvalue weighted by Gasteiger charge is -2.16. The van der Waals surface area contributed by atoms with Crippen molar-refractivity contribution >= 4 is 11.9 Å². The molecule has 0 aliphatic carbocycles. The Morgan fingerprint density at radius 2 is 1.61 bits per heavy atom. The molecule has 7 nitrogen and oxygen atoms in total. The van der Waals surface area contributed by atoms with Gasteiger partial charge < -0.3 is 10.1 Å². The molecule has 1 N–H and O–H groups in total. The topological polar surface area (TPSA) is 90.3 Å². The van der Waals surface area contributed by atoms with Crippen molar-refractivity contribution in [2.75, 3.05) is 13.7 Å². The van der Waals surface area contributed by atoms with Crippen molar-refractivity contribution < 1.29 is 14.3 Å². The highest BCUT2D eigenvalue weighted by Crippen LogP contribution is 2.31. The summed E-state index contributed by atoms with van der Waals surface area (Å²) in [6, 6.07) is 18.8. The van der Waals surface area contributed by atoms with Crippen molar-refractivity contribution in [1.29, 1.82) is 0 Å². The Kier molecular flexibility index (Phi) is 7.32. The summed E-state index contributed by atoms with van der Waals surface area (Å²) < 4.78 is 5.92. The third kappa shape index (κ3) is 5.06. The fraction of sp³-hybridized carbons (Fsp3) is 0.250. The van der Waals surface area contributed by atoms with E-state index in [0.717, 1.165) is 11.1 Å². The quantitative estimate of drug-likeness (QED) is 0.447. The van der Waals surface area contributed by atoms with Gasteiger partial charge in [0.15, 0.2) is 0 Å². The number of rotatable bonds is 8. The zero-order chi connectivity index (χ0) is 22.2. The van der Waals surface area contributed by atoms with Crippen molar-refractivity contribution in [3.05, 3.63) is 76.6 Å². The van der Waals surface area contributed by atoms with Crippen LogP contribution in [0.25, 0.3) is 22.4 Å².